The minimum atomic E-state index is -1.10. The van der Waals surface area contributed by atoms with Crippen LogP contribution in [0, 0.1) is 11.7 Å². The number of carbonyl (C=O) groups is 2. The van der Waals surface area contributed by atoms with Gasteiger partial charge in [-0.05, 0) is 25.0 Å². The zero-order chi connectivity index (χ0) is 16.0. The van der Waals surface area contributed by atoms with Gasteiger partial charge in [-0.15, -0.1) is 0 Å². The maximum atomic E-state index is 13.8. The molecule has 21 heavy (non-hydrogen) atoms. The number of carboxylic acid groups (broad SMARTS) is 1. The number of hydrogen-bond acceptors (Lipinski definition) is 2. The van der Waals surface area contributed by atoms with Crippen molar-refractivity contribution in [3.05, 3.63) is 30.1 Å². The van der Waals surface area contributed by atoms with Crippen molar-refractivity contribution in [3.63, 3.8) is 0 Å². The van der Waals surface area contributed by atoms with Crippen molar-refractivity contribution in [3.8, 4) is 0 Å². The highest BCUT2D eigenvalue weighted by Crippen LogP contribution is 2.19. The molecule has 0 saturated heterocycles. The first-order chi connectivity index (χ1) is 9.92. The Morgan fingerprint density at radius 2 is 1.95 bits per heavy atom. The van der Waals surface area contributed by atoms with E-state index < -0.39 is 23.9 Å². The Labute approximate surface area is 123 Å². The minimum absolute atomic E-state index is 0.130. The van der Waals surface area contributed by atoms with E-state index >= 15 is 0 Å². The molecular formula is C15H21FN2O3. The van der Waals surface area contributed by atoms with Crippen molar-refractivity contribution in [2.24, 2.45) is 5.92 Å². The van der Waals surface area contributed by atoms with Crippen LogP contribution in [0.5, 0.6) is 0 Å². The molecule has 116 valence electrons. The predicted octanol–water partition coefficient (Wildman–Crippen LogP) is 2.86. The van der Waals surface area contributed by atoms with E-state index in [0.717, 1.165) is 0 Å². The van der Waals surface area contributed by atoms with E-state index in [2.05, 4.69) is 5.32 Å². The molecule has 0 bridgehead atoms. The Morgan fingerprint density at radius 1 is 1.33 bits per heavy atom. The smallest absolute Gasteiger partial charge is 0.326 e. The van der Waals surface area contributed by atoms with Crippen LogP contribution >= 0.6 is 0 Å². The third-order valence-corrected chi connectivity index (χ3v) is 3.46. The quantitative estimate of drug-likeness (QED) is 0.848. The number of urea groups is 1. The summed E-state index contributed by atoms with van der Waals surface area (Å²) in [6, 6.07) is 4.28. The molecule has 0 radical (unpaired) electrons. The van der Waals surface area contributed by atoms with E-state index in [-0.39, 0.29) is 18.2 Å². The second-order valence-electron chi connectivity index (χ2n) is 4.85. The Kier molecular flexibility index (Phi) is 6.14. The number of halogens is 1. The summed E-state index contributed by atoms with van der Waals surface area (Å²) in [6.45, 7) is 5.53. The lowest BCUT2D eigenvalue weighted by Gasteiger charge is -2.26. The number of rotatable bonds is 6. The average molecular weight is 296 g/mol. The lowest BCUT2D eigenvalue weighted by Crippen LogP contribution is -2.50. The van der Waals surface area contributed by atoms with Gasteiger partial charge in [0.25, 0.3) is 0 Å². The summed E-state index contributed by atoms with van der Waals surface area (Å²) in [4.78, 5) is 24.7. The molecule has 2 atom stereocenters. The van der Waals surface area contributed by atoms with Crippen molar-refractivity contribution in [2.75, 3.05) is 11.4 Å². The molecule has 0 aromatic heterocycles. The third-order valence-electron chi connectivity index (χ3n) is 3.46. The van der Waals surface area contributed by atoms with Crippen LogP contribution < -0.4 is 10.2 Å². The van der Waals surface area contributed by atoms with Crippen LogP contribution in [0.1, 0.15) is 27.2 Å². The van der Waals surface area contributed by atoms with Gasteiger partial charge in [0.1, 0.15) is 11.9 Å². The molecule has 0 spiro atoms. The molecule has 0 aliphatic heterocycles. The Hall–Kier alpha value is -2.11. The number of nitrogens with one attached hydrogen (secondary N) is 1. The van der Waals surface area contributed by atoms with Gasteiger partial charge in [-0.25, -0.2) is 14.0 Å². The SMILES string of the molecule is CC[C@H](C)[C@H](NC(=O)N(CC)c1ccccc1F)C(=O)O. The van der Waals surface area contributed by atoms with Crippen molar-refractivity contribution >= 4 is 17.7 Å². The van der Waals surface area contributed by atoms with Crippen LogP contribution in [-0.4, -0.2) is 29.7 Å². The largest absolute Gasteiger partial charge is 0.480 e. The van der Waals surface area contributed by atoms with Crippen molar-refractivity contribution in [1.29, 1.82) is 0 Å². The minimum Gasteiger partial charge on any atom is -0.480 e. The van der Waals surface area contributed by atoms with Crippen LogP contribution in [-0.2, 0) is 4.79 Å². The molecule has 2 amide bonds. The number of nitrogens with zero attached hydrogens (tertiary/aromatic N) is 1. The van der Waals surface area contributed by atoms with Crippen LogP contribution in [0.3, 0.4) is 0 Å². The number of carboxylic acids is 1. The molecule has 1 rings (SSSR count). The van der Waals surface area contributed by atoms with Gasteiger partial charge >= 0.3 is 12.0 Å². The van der Waals surface area contributed by atoms with E-state index in [1.165, 1.54) is 23.1 Å². The maximum Gasteiger partial charge on any atom is 0.326 e. The normalized spacial score (nSPS) is 13.3. The summed E-state index contributed by atoms with van der Waals surface area (Å²) in [5.74, 6) is -1.84. The van der Waals surface area contributed by atoms with E-state index in [9.17, 15) is 19.1 Å². The first kappa shape index (κ1) is 16.9. The predicted molar refractivity (Wildman–Crippen MR) is 78.8 cm³/mol. The van der Waals surface area contributed by atoms with E-state index in [4.69, 9.17) is 0 Å². The lowest BCUT2D eigenvalue weighted by atomic mass is 9.99. The Morgan fingerprint density at radius 3 is 2.43 bits per heavy atom. The Bertz CT molecular complexity index is 507. The summed E-state index contributed by atoms with van der Waals surface area (Å²) < 4.78 is 13.8. The number of hydrogen-bond donors (Lipinski definition) is 2. The van der Waals surface area contributed by atoms with Gasteiger partial charge in [-0.2, -0.15) is 0 Å². The highest BCUT2D eigenvalue weighted by molar-refractivity contribution is 5.94. The summed E-state index contributed by atoms with van der Waals surface area (Å²) >= 11 is 0. The molecule has 0 fully saturated rings. The Balaban J connectivity index is 2.94. The monoisotopic (exact) mass is 296 g/mol. The van der Waals surface area contributed by atoms with Crippen LogP contribution in [0.4, 0.5) is 14.9 Å². The number of aliphatic carboxylic acids is 1. The van der Waals surface area contributed by atoms with Gasteiger partial charge < -0.3 is 10.4 Å². The van der Waals surface area contributed by atoms with E-state index in [1.807, 2.05) is 6.92 Å². The summed E-state index contributed by atoms with van der Waals surface area (Å²) in [6.07, 6.45) is 0.614. The fourth-order valence-corrected chi connectivity index (χ4v) is 1.99. The fraction of sp³-hybridized carbons (Fsp3) is 0.467. The molecule has 5 nitrogen and oxygen atoms in total. The zero-order valence-electron chi connectivity index (χ0n) is 12.5. The molecule has 0 aliphatic carbocycles. The van der Waals surface area contributed by atoms with Crippen LogP contribution in [0.15, 0.2) is 24.3 Å². The van der Waals surface area contributed by atoms with E-state index in [0.29, 0.717) is 6.42 Å². The van der Waals surface area contributed by atoms with Crippen molar-refractivity contribution in [2.45, 2.75) is 33.2 Å². The second-order valence-corrected chi connectivity index (χ2v) is 4.85. The molecule has 6 heteroatoms. The summed E-state index contributed by atoms with van der Waals surface area (Å²) in [5, 5.41) is 11.7. The number of anilines is 1. The third kappa shape index (κ3) is 4.18. The molecule has 0 heterocycles. The zero-order valence-corrected chi connectivity index (χ0v) is 12.5. The average Bonchev–Trinajstić information content (AvgIpc) is 2.46. The van der Waals surface area contributed by atoms with Crippen molar-refractivity contribution in [1.82, 2.24) is 5.32 Å². The summed E-state index contributed by atoms with van der Waals surface area (Å²) in [5.41, 5.74) is 0.130. The molecule has 2 N–H and O–H groups in total. The van der Waals surface area contributed by atoms with Gasteiger partial charge in [0.2, 0.25) is 0 Å². The molecule has 0 saturated carbocycles. The standard InChI is InChI=1S/C15H21FN2O3/c1-4-10(3)13(14(19)20)17-15(21)18(5-2)12-9-7-6-8-11(12)16/h6-10,13H,4-5H2,1-3H3,(H,17,21)(H,19,20)/t10-,13-/m0/s1. The number of amides is 2. The highest BCUT2D eigenvalue weighted by atomic mass is 19.1. The molecule has 0 aliphatic rings. The van der Waals surface area contributed by atoms with Crippen LogP contribution in [0.25, 0.3) is 0 Å². The first-order valence-electron chi connectivity index (χ1n) is 6.97. The number of benzene rings is 1. The van der Waals surface area contributed by atoms with Gasteiger partial charge in [-0.3, -0.25) is 4.90 Å². The van der Waals surface area contributed by atoms with Crippen LogP contribution in [0.2, 0.25) is 0 Å². The maximum absolute atomic E-state index is 13.8. The van der Waals surface area contributed by atoms with Gasteiger partial charge in [-0.1, -0.05) is 32.4 Å². The van der Waals surface area contributed by atoms with Gasteiger partial charge in [0.05, 0.1) is 5.69 Å². The first-order valence-corrected chi connectivity index (χ1v) is 6.97. The molecular weight excluding hydrogens is 275 g/mol. The second kappa shape index (κ2) is 7.61. The van der Waals surface area contributed by atoms with Gasteiger partial charge in [0, 0.05) is 6.54 Å². The lowest BCUT2D eigenvalue weighted by molar-refractivity contribution is -0.140. The van der Waals surface area contributed by atoms with Gasteiger partial charge in [0.15, 0.2) is 0 Å². The van der Waals surface area contributed by atoms with Crippen molar-refractivity contribution < 1.29 is 19.1 Å². The topological polar surface area (TPSA) is 69.6 Å². The molecule has 1 aromatic rings. The molecule has 1 aromatic carbocycles. The number of para-hydroxylation sites is 1. The van der Waals surface area contributed by atoms with E-state index in [1.54, 1.807) is 19.9 Å². The fourth-order valence-electron chi connectivity index (χ4n) is 1.99. The molecule has 0 unspecified atom stereocenters. The summed E-state index contributed by atoms with van der Waals surface area (Å²) in [7, 11) is 0. The highest BCUT2D eigenvalue weighted by Gasteiger charge is 2.28. The number of carbonyl (C=O) groups excluding carboxylic acids is 1.